The molecule has 3 heterocycles. The van der Waals surface area contributed by atoms with Crippen LogP contribution < -0.4 is 0 Å². The van der Waals surface area contributed by atoms with Gasteiger partial charge >= 0.3 is 0 Å². The number of para-hydroxylation sites is 1. The molecule has 0 aliphatic rings. The molecule has 0 unspecified atom stereocenters. The summed E-state index contributed by atoms with van der Waals surface area (Å²) in [5.41, 5.74) is 6.76. The number of thiophene rings is 1. The number of furan rings is 1. The van der Waals surface area contributed by atoms with E-state index in [1.807, 2.05) is 41.7 Å². The van der Waals surface area contributed by atoms with Crippen molar-refractivity contribution in [3.63, 3.8) is 0 Å². The Morgan fingerprint density at radius 2 is 1.06 bits per heavy atom. The van der Waals surface area contributed by atoms with Gasteiger partial charge in [0.2, 0.25) is 0 Å². The van der Waals surface area contributed by atoms with Gasteiger partial charge in [0, 0.05) is 47.6 Å². The Balaban J connectivity index is 1.19. The fraction of sp³-hybridized carbons (Fsp3) is 0. The van der Waals surface area contributed by atoms with E-state index in [4.69, 9.17) is 19.4 Å². The predicted octanol–water partition coefficient (Wildman–Crippen LogP) is 12.0. The molecule has 0 amide bonds. The minimum absolute atomic E-state index is 0.609. The fourth-order valence-electron chi connectivity index (χ4n) is 6.84. The highest BCUT2D eigenvalue weighted by atomic mass is 32.1. The fourth-order valence-corrected chi connectivity index (χ4v) is 8.08. The SMILES string of the molecule is c1cc(-c2nc(-c3ccc4ccccc4c3)nc(-c3cccc4oc5ccccc5c34)n2)cc(-c2cccc3c2sc2ccccc23)c1. The van der Waals surface area contributed by atoms with Crippen LogP contribution in [0.3, 0.4) is 0 Å². The van der Waals surface area contributed by atoms with Gasteiger partial charge in [-0.2, -0.15) is 0 Å². The van der Waals surface area contributed by atoms with E-state index in [1.165, 1.54) is 31.1 Å². The molecule has 0 saturated heterocycles. The standard InChI is InChI=1S/C43H25N3OS/c1-2-11-27-24-30(23-22-26(27)10-1)42-44-41(45-43(46-42)35-18-9-20-37-39(35)34-15-3-5-19-36(34)47-37)29-13-7-12-28(25-29)31-16-8-17-33-32-14-4-6-21-38(32)48-40(31)33/h1-25H. The predicted molar refractivity (Wildman–Crippen MR) is 199 cm³/mol. The lowest BCUT2D eigenvalue weighted by Gasteiger charge is -2.11. The average molecular weight is 632 g/mol. The molecule has 0 atom stereocenters. The van der Waals surface area contributed by atoms with Gasteiger partial charge in [-0.05, 0) is 52.2 Å². The van der Waals surface area contributed by atoms with Crippen LogP contribution in [0.2, 0.25) is 0 Å². The zero-order chi connectivity index (χ0) is 31.6. The number of aromatic nitrogens is 3. The van der Waals surface area contributed by atoms with Crippen molar-refractivity contribution in [2.45, 2.75) is 0 Å². The van der Waals surface area contributed by atoms with E-state index < -0.39 is 0 Å². The van der Waals surface area contributed by atoms with Crippen molar-refractivity contribution in [1.82, 2.24) is 15.0 Å². The number of fused-ring (bicyclic) bond motifs is 7. The van der Waals surface area contributed by atoms with Crippen LogP contribution in [0, 0.1) is 0 Å². The lowest BCUT2D eigenvalue weighted by Crippen LogP contribution is -2.00. The van der Waals surface area contributed by atoms with Gasteiger partial charge in [0.05, 0.1) is 0 Å². The molecule has 5 heteroatoms. The molecule has 0 saturated carbocycles. The van der Waals surface area contributed by atoms with E-state index >= 15 is 0 Å². The molecule has 10 aromatic rings. The maximum Gasteiger partial charge on any atom is 0.164 e. The van der Waals surface area contributed by atoms with Crippen molar-refractivity contribution in [2.24, 2.45) is 0 Å². The highest BCUT2D eigenvalue weighted by Gasteiger charge is 2.18. The van der Waals surface area contributed by atoms with E-state index in [0.29, 0.717) is 17.5 Å². The zero-order valence-corrected chi connectivity index (χ0v) is 26.4. The summed E-state index contributed by atoms with van der Waals surface area (Å²) in [6, 6.07) is 52.7. The van der Waals surface area contributed by atoms with Gasteiger partial charge in [0.15, 0.2) is 17.5 Å². The van der Waals surface area contributed by atoms with Crippen molar-refractivity contribution in [1.29, 1.82) is 0 Å². The zero-order valence-electron chi connectivity index (χ0n) is 25.6. The van der Waals surface area contributed by atoms with Gasteiger partial charge in [-0.15, -0.1) is 11.3 Å². The summed E-state index contributed by atoms with van der Waals surface area (Å²) in [6.07, 6.45) is 0. The van der Waals surface area contributed by atoms with Gasteiger partial charge < -0.3 is 4.42 Å². The molecule has 0 radical (unpaired) electrons. The second-order valence-corrected chi connectivity index (χ2v) is 13.1. The summed E-state index contributed by atoms with van der Waals surface area (Å²) in [6.45, 7) is 0. The van der Waals surface area contributed by atoms with Crippen LogP contribution in [-0.4, -0.2) is 15.0 Å². The number of nitrogens with zero attached hydrogens (tertiary/aromatic N) is 3. The summed E-state index contributed by atoms with van der Waals surface area (Å²) >= 11 is 1.84. The quantitative estimate of drug-likeness (QED) is 0.194. The van der Waals surface area contributed by atoms with Crippen molar-refractivity contribution in [2.75, 3.05) is 0 Å². The van der Waals surface area contributed by atoms with Gasteiger partial charge in [0.25, 0.3) is 0 Å². The lowest BCUT2D eigenvalue weighted by atomic mass is 10.0. The van der Waals surface area contributed by atoms with Crippen LogP contribution in [0.25, 0.3) is 98.2 Å². The summed E-state index contributed by atoms with van der Waals surface area (Å²) in [5, 5.41) is 6.92. The van der Waals surface area contributed by atoms with E-state index in [9.17, 15) is 0 Å². The number of benzene rings is 7. The van der Waals surface area contributed by atoms with Gasteiger partial charge in [-0.1, -0.05) is 121 Å². The van der Waals surface area contributed by atoms with Crippen LogP contribution in [0.15, 0.2) is 156 Å². The highest BCUT2D eigenvalue weighted by Crippen LogP contribution is 2.41. The Morgan fingerprint density at radius 3 is 1.98 bits per heavy atom. The Morgan fingerprint density at radius 1 is 0.417 bits per heavy atom. The van der Waals surface area contributed by atoms with Gasteiger partial charge in [0.1, 0.15) is 11.2 Å². The van der Waals surface area contributed by atoms with E-state index in [0.717, 1.165) is 49.6 Å². The maximum atomic E-state index is 6.24. The van der Waals surface area contributed by atoms with Crippen LogP contribution >= 0.6 is 11.3 Å². The Kier molecular flexibility index (Phi) is 6.01. The van der Waals surface area contributed by atoms with Gasteiger partial charge in [-0.3, -0.25) is 0 Å². The topological polar surface area (TPSA) is 51.8 Å². The van der Waals surface area contributed by atoms with E-state index in [-0.39, 0.29) is 0 Å². The second kappa shape index (κ2) is 10.7. The first-order valence-electron chi connectivity index (χ1n) is 15.9. The average Bonchev–Trinajstić information content (AvgIpc) is 3.73. The minimum Gasteiger partial charge on any atom is -0.456 e. The largest absolute Gasteiger partial charge is 0.456 e. The third-order valence-electron chi connectivity index (χ3n) is 9.12. The summed E-state index contributed by atoms with van der Waals surface area (Å²) < 4.78 is 8.82. The summed E-state index contributed by atoms with van der Waals surface area (Å²) in [4.78, 5) is 15.4. The van der Waals surface area contributed by atoms with Crippen molar-refractivity contribution >= 4 is 64.2 Å². The summed E-state index contributed by atoms with van der Waals surface area (Å²) in [7, 11) is 0. The second-order valence-electron chi connectivity index (χ2n) is 12.0. The molecule has 0 aliphatic heterocycles. The van der Waals surface area contributed by atoms with Crippen molar-refractivity contribution in [3.8, 4) is 45.3 Å². The Bertz CT molecular complexity index is 2870. The summed E-state index contributed by atoms with van der Waals surface area (Å²) in [5.74, 6) is 1.86. The van der Waals surface area contributed by atoms with E-state index in [2.05, 4.69) is 121 Å². The third-order valence-corrected chi connectivity index (χ3v) is 10.3. The normalized spacial score (nSPS) is 11.8. The Hall–Kier alpha value is -6.17. The molecular formula is C43H25N3OS. The maximum absolute atomic E-state index is 6.24. The molecule has 10 rings (SSSR count). The molecule has 0 N–H and O–H groups in total. The molecule has 0 fully saturated rings. The Labute approximate surface area is 279 Å². The first-order valence-corrected chi connectivity index (χ1v) is 16.8. The van der Waals surface area contributed by atoms with Crippen LogP contribution in [0.5, 0.6) is 0 Å². The smallest absolute Gasteiger partial charge is 0.164 e. The molecule has 0 bridgehead atoms. The molecular weight excluding hydrogens is 607 g/mol. The van der Waals surface area contributed by atoms with Gasteiger partial charge in [-0.25, -0.2) is 15.0 Å². The molecule has 7 aromatic carbocycles. The first kappa shape index (κ1) is 27.0. The first-order chi connectivity index (χ1) is 23.8. The molecule has 48 heavy (non-hydrogen) atoms. The highest BCUT2D eigenvalue weighted by molar-refractivity contribution is 7.26. The molecule has 4 nitrogen and oxygen atoms in total. The number of hydrogen-bond donors (Lipinski definition) is 0. The van der Waals surface area contributed by atoms with E-state index in [1.54, 1.807) is 0 Å². The number of hydrogen-bond acceptors (Lipinski definition) is 5. The molecule has 224 valence electrons. The van der Waals surface area contributed by atoms with Crippen LogP contribution in [-0.2, 0) is 0 Å². The molecule has 3 aromatic heterocycles. The monoisotopic (exact) mass is 631 g/mol. The van der Waals surface area contributed by atoms with Crippen LogP contribution in [0.1, 0.15) is 0 Å². The third kappa shape index (κ3) is 4.33. The minimum atomic E-state index is 0.609. The lowest BCUT2D eigenvalue weighted by molar-refractivity contribution is 0.669. The number of rotatable bonds is 4. The molecule has 0 spiro atoms. The van der Waals surface area contributed by atoms with Crippen molar-refractivity contribution in [3.05, 3.63) is 152 Å². The van der Waals surface area contributed by atoms with Crippen LogP contribution in [0.4, 0.5) is 0 Å². The molecule has 0 aliphatic carbocycles. The van der Waals surface area contributed by atoms with Crippen molar-refractivity contribution < 1.29 is 4.42 Å².